The molecule has 1 aromatic carbocycles. The molecular formula is C18H25Cl2N3O. The zero-order chi connectivity index (χ0) is 16.9. The summed E-state index contributed by atoms with van der Waals surface area (Å²) in [6.07, 6.45) is 7.29. The Morgan fingerprint density at radius 1 is 1.00 bits per heavy atom. The minimum atomic E-state index is 0.0868. The molecule has 4 nitrogen and oxygen atoms in total. The van der Waals surface area contributed by atoms with Crippen molar-refractivity contribution in [3.05, 3.63) is 28.2 Å². The fraction of sp³-hybridized carbons (Fsp3) is 0.611. The van der Waals surface area contributed by atoms with Crippen LogP contribution in [-0.2, 0) is 0 Å². The van der Waals surface area contributed by atoms with Crippen LogP contribution in [-0.4, -0.2) is 43.2 Å². The fourth-order valence-electron chi connectivity index (χ4n) is 3.58. The highest BCUT2D eigenvalue weighted by molar-refractivity contribution is 6.36. The molecule has 2 aliphatic rings. The van der Waals surface area contributed by atoms with Gasteiger partial charge < -0.3 is 15.1 Å². The molecule has 1 heterocycles. The van der Waals surface area contributed by atoms with E-state index in [-0.39, 0.29) is 6.03 Å². The van der Waals surface area contributed by atoms with Gasteiger partial charge in [0.25, 0.3) is 0 Å². The predicted octanol–water partition coefficient (Wildman–Crippen LogP) is 4.55. The number of carbonyl (C=O) groups excluding carboxylic acids is 1. The summed E-state index contributed by atoms with van der Waals surface area (Å²) in [6.45, 7) is 3.02. The van der Waals surface area contributed by atoms with Crippen molar-refractivity contribution in [2.24, 2.45) is 0 Å². The molecule has 0 unspecified atom stereocenters. The summed E-state index contributed by atoms with van der Waals surface area (Å²) in [6, 6.07) is 6.01. The minimum absolute atomic E-state index is 0.0868. The van der Waals surface area contributed by atoms with Crippen molar-refractivity contribution in [1.29, 1.82) is 0 Å². The Morgan fingerprint density at radius 3 is 2.29 bits per heavy atom. The van der Waals surface area contributed by atoms with Gasteiger partial charge in [-0.2, -0.15) is 0 Å². The molecule has 2 amide bonds. The molecule has 1 N–H and O–H groups in total. The zero-order valence-electron chi connectivity index (χ0n) is 13.9. The Bertz CT molecular complexity index is 565. The van der Waals surface area contributed by atoms with E-state index < -0.39 is 0 Å². The van der Waals surface area contributed by atoms with E-state index in [1.807, 2.05) is 17.0 Å². The summed E-state index contributed by atoms with van der Waals surface area (Å²) in [5, 5.41) is 4.54. The van der Waals surface area contributed by atoms with Gasteiger partial charge in [-0.15, -0.1) is 0 Å². The van der Waals surface area contributed by atoms with Crippen LogP contribution in [0.3, 0.4) is 0 Å². The van der Waals surface area contributed by atoms with E-state index in [4.69, 9.17) is 23.2 Å². The summed E-state index contributed by atoms with van der Waals surface area (Å²) in [4.78, 5) is 16.6. The molecule has 3 rings (SSSR count). The highest BCUT2D eigenvalue weighted by atomic mass is 35.5. The molecule has 1 aliphatic carbocycles. The number of anilines is 1. The largest absolute Gasteiger partial charge is 0.367 e. The van der Waals surface area contributed by atoms with E-state index in [0.717, 1.165) is 44.7 Å². The van der Waals surface area contributed by atoms with Crippen LogP contribution in [0, 0.1) is 0 Å². The van der Waals surface area contributed by atoms with Gasteiger partial charge in [0.05, 0.1) is 10.7 Å². The van der Waals surface area contributed by atoms with E-state index in [2.05, 4.69) is 10.2 Å². The molecule has 2 fully saturated rings. The molecule has 0 aromatic heterocycles. The normalized spacial score (nSPS) is 19.9. The van der Waals surface area contributed by atoms with Crippen LogP contribution in [0.1, 0.15) is 38.5 Å². The maximum Gasteiger partial charge on any atom is 0.317 e. The van der Waals surface area contributed by atoms with Gasteiger partial charge in [0.2, 0.25) is 0 Å². The Hall–Kier alpha value is -1.13. The molecule has 1 saturated heterocycles. The Kier molecular flexibility index (Phi) is 6.12. The van der Waals surface area contributed by atoms with Gasteiger partial charge in [-0.25, -0.2) is 4.79 Å². The second-order valence-electron chi connectivity index (χ2n) is 6.71. The number of piperazine rings is 1. The Balaban J connectivity index is 1.51. The second-order valence-corrected chi connectivity index (χ2v) is 7.55. The lowest BCUT2D eigenvalue weighted by Gasteiger charge is -2.37. The quantitative estimate of drug-likeness (QED) is 0.776. The van der Waals surface area contributed by atoms with Crippen LogP contribution in [0.15, 0.2) is 18.2 Å². The number of benzene rings is 1. The van der Waals surface area contributed by atoms with Gasteiger partial charge in [-0.1, -0.05) is 48.9 Å². The number of urea groups is 1. The smallest absolute Gasteiger partial charge is 0.317 e. The van der Waals surface area contributed by atoms with Crippen molar-refractivity contribution in [2.75, 3.05) is 31.1 Å². The van der Waals surface area contributed by atoms with Crippen LogP contribution >= 0.6 is 23.2 Å². The summed E-state index contributed by atoms with van der Waals surface area (Å²) in [5.74, 6) is 0. The number of amides is 2. The number of nitrogens with one attached hydrogen (secondary N) is 1. The van der Waals surface area contributed by atoms with Crippen molar-refractivity contribution in [3.8, 4) is 0 Å². The number of halogens is 2. The molecule has 0 bridgehead atoms. The molecule has 6 heteroatoms. The number of rotatable bonds is 2. The van der Waals surface area contributed by atoms with Crippen LogP contribution in [0.25, 0.3) is 0 Å². The lowest BCUT2D eigenvalue weighted by atomic mass is 10.1. The first-order chi connectivity index (χ1) is 11.6. The second kappa shape index (κ2) is 8.30. The van der Waals surface area contributed by atoms with Gasteiger partial charge in [0.15, 0.2) is 0 Å². The van der Waals surface area contributed by atoms with Crippen LogP contribution in [0.2, 0.25) is 10.0 Å². The van der Waals surface area contributed by atoms with Crippen molar-refractivity contribution in [3.63, 3.8) is 0 Å². The Morgan fingerprint density at radius 2 is 1.67 bits per heavy atom. The number of hydrogen-bond donors (Lipinski definition) is 1. The van der Waals surface area contributed by atoms with Gasteiger partial charge >= 0.3 is 6.03 Å². The number of carbonyl (C=O) groups is 1. The number of nitrogens with zero attached hydrogens (tertiary/aromatic N) is 2. The third kappa shape index (κ3) is 4.48. The molecule has 1 aromatic rings. The van der Waals surface area contributed by atoms with Crippen molar-refractivity contribution >= 4 is 34.9 Å². The van der Waals surface area contributed by atoms with Gasteiger partial charge in [-0.3, -0.25) is 0 Å². The fourth-order valence-corrected chi connectivity index (χ4v) is 4.11. The van der Waals surface area contributed by atoms with E-state index >= 15 is 0 Å². The molecule has 1 aliphatic heterocycles. The third-order valence-electron chi connectivity index (χ3n) is 5.00. The summed E-state index contributed by atoms with van der Waals surface area (Å²) < 4.78 is 0. The summed E-state index contributed by atoms with van der Waals surface area (Å²) >= 11 is 12.2. The maximum atomic E-state index is 12.5. The lowest BCUT2D eigenvalue weighted by molar-refractivity contribution is 0.189. The first-order valence-electron chi connectivity index (χ1n) is 8.89. The summed E-state index contributed by atoms with van der Waals surface area (Å²) in [7, 11) is 0. The predicted molar refractivity (Wildman–Crippen MR) is 100 cm³/mol. The molecule has 0 spiro atoms. The van der Waals surface area contributed by atoms with Gasteiger partial charge in [-0.05, 0) is 31.0 Å². The van der Waals surface area contributed by atoms with Crippen LogP contribution < -0.4 is 10.2 Å². The van der Waals surface area contributed by atoms with E-state index in [1.165, 1.54) is 25.7 Å². The number of hydrogen-bond acceptors (Lipinski definition) is 2. The van der Waals surface area contributed by atoms with E-state index in [9.17, 15) is 4.79 Å². The van der Waals surface area contributed by atoms with Gasteiger partial charge in [0, 0.05) is 37.2 Å². The maximum absolute atomic E-state index is 12.5. The summed E-state index contributed by atoms with van der Waals surface area (Å²) in [5.41, 5.74) is 0.991. The zero-order valence-corrected chi connectivity index (χ0v) is 15.5. The van der Waals surface area contributed by atoms with E-state index in [0.29, 0.717) is 16.1 Å². The molecule has 24 heavy (non-hydrogen) atoms. The SMILES string of the molecule is O=C(NC1CCCCCC1)N1CCN(c2ccc(Cl)cc2Cl)CC1. The molecule has 1 saturated carbocycles. The average molecular weight is 370 g/mol. The third-order valence-corrected chi connectivity index (χ3v) is 5.54. The van der Waals surface area contributed by atoms with Crippen molar-refractivity contribution in [2.45, 2.75) is 44.6 Å². The van der Waals surface area contributed by atoms with Crippen LogP contribution in [0.5, 0.6) is 0 Å². The molecule has 132 valence electrons. The molecular weight excluding hydrogens is 345 g/mol. The van der Waals surface area contributed by atoms with Crippen molar-refractivity contribution in [1.82, 2.24) is 10.2 Å². The topological polar surface area (TPSA) is 35.6 Å². The standard InChI is InChI=1S/C18H25Cl2N3O/c19-14-7-8-17(16(20)13-14)22-9-11-23(12-10-22)18(24)21-15-5-3-1-2-4-6-15/h7-8,13,15H,1-6,9-12H2,(H,21,24). The van der Waals surface area contributed by atoms with E-state index in [1.54, 1.807) is 6.07 Å². The van der Waals surface area contributed by atoms with Crippen LogP contribution in [0.4, 0.5) is 10.5 Å². The Labute approximate surface area is 154 Å². The monoisotopic (exact) mass is 369 g/mol. The highest BCUT2D eigenvalue weighted by Gasteiger charge is 2.24. The first-order valence-corrected chi connectivity index (χ1v) is 9.64. The highest BCUT2D eigenvalue weighted by Crippen LogP contribution is 2.29. The van der Waals surface area contributed by atoms with Crippen molar-refractivity contribution < 1.29 is 4.79 Å². The average Bonchev–Trinajstić information content (AvgIpc) is 2.84. The molecule has 0 radical (unpaired) electrons. The minimum Gasteiger partial charge on any atom is -0.367 e. The van der Waals surface area contributed by atoms with Gasteiger partial charge in [0.1, 0.15) is 0 Å². The molecule has 0 atom stereocenters. The first kappa shape index (κ1) is 17.7. The lowest BCUT2D eigenvalue weighted by Crippen LogP contribution is -2.53.